The largest absolute Gasteiger partial charge is 0.379 e. The summed E-state index contributed by atoms with van der Waals surface area (Å²) in [6.07, 6.45) is 0. The van der Waals surface area contributed by atoms with E-state index in [1.165, 1.54) is 28.6 Å². The SMILES string of the molecule is C/C(=N\NC(=O)c1cccc(S(=O)(=O)N2CCOCC2)c1)c1ccc(Cl)cc1Cl. The maximum Gasteiger partial charge on any atom is 0.271 e. The molecule has 1 aliphatic rings. The van der Waals surface area contributed by atoms with E-state index in [0.29, 0.717) is 34.5 Å². The van der Waals surface area contributed by atoms with Crippen molar-refractivity contribution in [2.45, 2.75) is 11.8 Å². The zero-order valence-corrected chi connectivity index (χ0v) is 17.9. The van der Waals surface area contributed by atoms with E-state index in [0.717, 1.165) is 0 Å². The second kappa shape index (κ2) is 9.23. The van der Waals surface area contributed by atoms with E-state index in [1.807, 2.05) is 0 Å². The minimum absolute atomic E-state index is 0.0495. The molecule has 0 bridgehead atoms. The summed E-state index contributed by atoms with van der Waals surface area (Å²) in [6, 6.07) is 10.8. The first-order valence-corrected chi connectivity index (χ1v) is 11.0. The molecule has 2 aromatic carbocycles. The first-order valence-electron chi connectivity index (χ1n) is 8.77. The fourth-order valence-corrected chi connectivity index (χ4v) is 4.78. The maximum absolute atomic E-state index is 12.8. The molecule has 3 rings (SSSR count). The van der Waals surface area contributed by atoms with Crippen molar-refractivity contribution in [1.82, 2.24) is 9.73 Å². The third-order valence-corrected chi connectivity index (χ3v) is 6.79. The average Bonchev–Trinajstić information content (AvgIpc) is 2.72. The Morgan fingerprint density at radius 2 is 1.86 bits per heavy atom. The van der Waals surface area contributed by atoms with Gasteiger partial charge in [0.1, 0.15) is 0 Å². The quantitative estimate of drug-likeness (QED) is 0.553. The zero-order chi connectivity index (χ0) is 21.0. The Balaban J connectivity index is 1.77. The van der Waals surface area contributed by atoms with Gasteiger partial charge in [-0.25, -0.2) is 13.8 Å². The highest BCUT2D eigenvalue weighted by Crippen LogP contribution is 2.22. The lowest BCUT2D eigenvalue weighted by atomic mass is 10.1. The smallest absolute Gasteiger partial charge is 0.271 e. The van der Waals surface area contributed by atoms with Gasteiger partial charge in [0.15, 0.2) is 0 Å². The Hall–Kier alpha value is -1.97. The summed E-state index contributed by atoms with van der Waals surface area (Å²) >= 11 is 12.0. The van der Waals surface area contributed by atoms with Gasteiger partial charge in [-0.15, -0.1) is 0 Å². The summed E-state index contributed by atoms with van der Waals surface area (Å²) in [4.78, 5) is 12.5. The fraction of sp³-hybridized carbons (Fsp3) is 0.263. The van der Waals surface area contributed by atoms with Gasteiger partial charge in [-0.2, -0.15) is 9.41 Å². The third kappa shape index (κ3) is 5.15. The number of halogens is 2. The number of rotatable bonds is 5. The molecule has 1 N–H and O–H groups in total. The second-order valence-electron chi connectivity index (χ2n) is 6.31. The number of hydrazone groups is 1. The fourth-order valence-electron chi connectivity index (χ4n) is 2.78. The van der Waals surface area contributed by atoms with Crippen LogP contribution < -0.4 is 5.43 Å². The van der Waals surface area contributed by atoms with Crippen molar-refractivity contribution in [2.24, 2.45) is 5.10 Å². The van der Waals surface area contributed by atoms with Crippen molar-refractivity contribution < 1.29 is 17.9 Å². The van der Waals surface area contributed by atoms with Crippen LogP contribution in [0.2, 0.25) is 10.0 Å². The predicted octanol–water partition coefficient (Wildman–Crippen LogP) is 3.17. The Morgan fingerprint density at radius 3 is 2.55 bits per heavy atom. The molecule has 1 amide bonds. The summed E-state index contributed by atoms with van der Waals surface area (Å²) in [5.41, 5.74) is 3.71. The molecule has 1 saturated heterocycles. The molecule has 0 radical (unpaired) electrons. The van der Waals surface area contributed by atoms with Gasteiger partial charge in [0, 0.05) is 29.2 Å². The molecule has 0 unspecified atom stereocenters. The molecule has 1 heterocycles. The summed E-state index contributed by atoms with van der Waals surface area (Å²) in [7, 11) is -3.69. The monoisotopic (exact) mass is 455 g/mol. The van der Waals surface area contributed by atoms with Gasteiger partial charge in [0.05, 0.1) is 28.8 Å². The lowest BCUT2D eigenvalue weighted by Crippen LogP contribution is -2.40. The van der Waals surface area contributed by atoms with Crippen molar-refractivity contribution in [3.8, 4) is 0 Å². The first-order chi connectivity index (χ1) is 13.8. The number of sulfonamides is 1. The number of carbonyl (C=O) groups excluding carboxylic acids is 1. The van der Waals surface area contributed by atoms with Crippen molar-refractivity contribution in [3.63, 3.8) is 0 Å². The molecule has 0 aromatic heterocycles. The molecule has 2 aromatic rings. The Bertz CT molecular complexity index is 1050. The van der Waals surface area contributed by atoms with E-state index in [1.54, 1.807) is 25.1 Å². The van der Waals surface area contributed by atoms with Gasteiger partial charge in [-0.3, -0.25) is 4.79 Å². The van der Waals surface area contributed by atoms with E-state index in [4.69, 9.17) is 27.9 Å². The highest BCUT2D eigenvalue weighted by atomic mass is 35.5. The normalized spacial score (nSPS) is 15.9. The summed E-state index contributed by atoms with van der Waals surface area (Å²) in [5, 5.41) is 4.96. The van der Waals surface area contributed by atoms with E-state index in [2.05, 4.69) is 10.5 Å². The zero-order valence-electron chi connectivity index (χ0n) is 15.6. The van der Waals surface area contributed by atoms with E-state index < -0.39 is 15.9 Å². The number of amides is 1. The highest BCUT2D eigenvalue weighted by Gasteiger charge is 2.26. The number of ether oxygens (including phenoxy) is 1. The molecule has 0 spiro atoms. The Labute approximate surface area is 179 Å². The number of nitrogens with one attached hydrogen (secondary N) is 1. The van der Waals surface area contributed by atoms with Crippen LogP contribution in [-0.4, -0.2) is 50.6 Å². The number of benzene rings is 2. The highest BCUT2D eigenvalue weighted by molar-refractivity contribution is 7.89. The number of hydrogen-bond donors (Lipinski definition) is 1. The van der Waals surface area contributed by atoms with Gasteiger partial charge in [0.2, 0.25) is 10.0 Å². The molecule has 1 aliphatic heterocycles. The van der Waals surface area contributed by atoms with Gasteiger partial charge in [0.25, 0.3) is 5.91 Å². The number of nitrogens with zero attached hydrogens (tertiary/aromatic N) is 2. The van der Waals surface area contributed by atoms with Gasteiger partial charge >= 0.3 is 0 Å². The average molecular weight is 456 g/mol. The minimum Gasteiger partial charge on any atom is -0.379 e. The topological polar surface area (TPSA) is 88.1 Å². The Kier molecular flexibility index (Phi) is 6.92. The molecule has 1 fully saturated rings. The van der Waals surface area contributed by atoms with Crippen LogP contribution >= 0.6 is 23.2 Å². The van der Waals surface area contributed by atoms with Gasteiger partial charge in [-0.05, 0) is 37.3 Å². The third-order valence-electron chi connectivity index (χ3n) is 4.35. The molecular formula is C19H19Cl2N3O4S. The van der Waals surface area contributed by atoms with Crippen LogP contribution in [0.3, 0.4) is 0 Å². The maximum atomic E-state index is 12.8. The lowest BCUT2D eigenvalue weighted by Gasteiger charge is -2.26. The second-order valence-corrected chi connectivity index (χ2v) is 9.09. The number of morpholine rings is 1. The van der Waals surface area contributed by atoms with Crippen LogP contribution in [0.25, 0.3) is 0 Å². The van der Waals surface area contributed by atoms with Crippen molar-refractivity contribution in [1.29, 1.82) is 0 Å². The van der Waals surface area contributed by atoms with Crippen LogP contribution in [0.1, 0.15) is 22.8 Å². The molecule has 0 atom stereocenters. The predicted molar refractivity (Wildman–Crippen MR) is 112 cm³/mol. The summed E-state index contributed by atoms with van der Waals surface area (Å²) in [5.74, 6) is -0.534. The molecule has 154 valence electrons. The van der Waals surface area contributed by atoms with E-state index in [-0.39, 0.29) is 23.5 Å². The first kappa shape index (κ1) is 21.7. The van der Waals surface area contributed by atoms with Crippen molar-refractivity contribution in [2.75, 3.05) is 26.3 Å². The number of carbonyl (C=O) groups is 1. The molecule has 7 nitrogen and oxygen atoms in total. The van der Waals surface area contributed by atoms with Gasteiger partial charge in [-0.1, -0.05) is 35.3 Å². The number of hydrogen-bond acceptors (Lipinski definition) is 5. The molecule has 0 aliphatic carbocycles. The van der Waals surface area contributed by atoms with Crippen molar-refractivity contribution in [3.05, 3.63) is 63.6 Å². The molecule has 10 heteroatoms. The summed E-state index contributed by atoms with van der Waals surface area (Å²) < 4.78 is 32.1. The van der Waals surface area contributed by atoms with Crippen LogP contribution in [0.4, 0.5) is 0 Å². The summed E-state index contributed by atoms with van der Waals surface area (Å²) in [6.45, 7) is 2.95. The van der Waals surface area contributed by atoms with E-state index >= 15 is 0 Å². The molecule has 29 heavy (non-hydrogen) atoms. The minimum atomic E-state index is -3.69. The molecular weight excluding hydrogens is 437 g/mol. The lowest BCUT2D eigenvalue weighted by molar-refractivity contribution is 0.0730. The van der Waals surface area contributed by atoms with Crippen molar-refractivity contribution >= 4 is 44.8 Å². The Morgan fingerprint density at radius 1 is 1.14 bits per heavy atom. The van der Waals surface area contributed by atoms with Crippen LogP contribution in [0.15, 0.2) is 52.5 Å². The van der Waals surface area contributed by atoms with Crippen LogP contribution in [0, 0.1) is 0 Å². The van der Waals surface area contributed by atoms with Crippen LogP contribution in [0.5, 0.6) is 0 Å². The van der Waals surface area contributed by atoms with E-state index in [9.17, 15) is 13.2 Å². The van der Waals surface area contributed by atoms with Gasteiger partial charge < -0.3 is 4.74 Å². The molecule has 0 saturated carbocycles. The van der Waals surface area contributed by atoms with Crippen LogP contribution in [-0.2, 0) is 14.8 Å². The standard InChI is InChI=1S/C19H19Cl2N3O4S/c1-13(17-6-5-15(20)12-18(17)21)22-23-19(25)14-3-2-4-16(11-14)29(26,27)24-7-9-28-10-8-24/h2-6,11-12H,7-10H2,1H3,(H,23,25)/b22-13+.